The van der Waals surface area contributed by atoms with Gasteiger partial charge < -0.3 is 4.42 Å². The van der Waals surface area contributed by atoms with Gasteiger partial charge in [-0.25, -0.2) is 0 Å². The second kappa shape index (κ2) is 2.88. The second-order valence-corrected chi connectivity index (χ2v) is 2.27. The van der Waals surface area contributed by atoms with Gasteiger partial charge in [0.25, 0.3) is 0 Å². The molecule has 0 saturated heterocycles. The highest BCUT2D eigenvalue weighted by atomic mass is 35.5. The Labute approximate surface area is 63.8 Å². The van der Waals surface area contributed by atoms with Crippen LogP contribution in [0.5, 0.6) is 0 Å². The Balaban J connectivity index is 2.85. The minimum atomic E-state index is -0.0986. The van der Waals surface area contributed by atoms with E-state index in [1.807, 2.05) is 0 Å². The van der Waals surface area contributed by atoms with Crippen LogP contribution in [0.4, 0.5) is 0 Å². The third-order valence-corrected chi connectivity index (χ3v) is 1.42. The molecule has 0 spiro atoms. The first kappa shape index (κ1) is 7.35. The minimum absolute atomic E-state index is 0.0129. The van der Waals surface area contributed by atoms with E-state index in [1.165, 1.54) is 6.26 Å². The maximum atomic E-state index is 10.8. The van der Waals surface area contributed by atoms with Crippen molar-refractivity contribution in [3.05, 3.63) is 23.7 Å². The first-order valence-electron chi connectivity index (χ1n) is 2.88. The molecule has 10 heavy (non-hydrogen) atoms. The Morgan fingerprint density at radius 1 is 1.80 bits per heavy atom. The molecular weight excluding hydrogens is 152 g/mol. The third-order valence-electron chi connectivity index (χ3n) is 1.17. The van der Waals surface area contributed by atoms with Crippen LogP contribution in [-0.2, 0) is 0 Å². The van der Waals surface area contributed by atoms with Gasteiger partial charge in [-0.15, -0.1) is 11.6 Å². The van der Waals surface area contributed by atoms with E-state index in [9.17, 15) is 4.79 Å². The molecule has 0 saturated carbocycles. The lowest BCUT2D eigenvalue weighted by atomic mass is 10.2. The molecule has 0 atom stereocenters. The van der Waals surface area contributed by atoms with Crippen molar-refractivity contribution in [3.8, 4) is 0 Å². The fourth-order valence-corrected chi connectivity index (χ4v) is 0.821. The zero-order valence-electron chi connectivity index (χ0n) is 5.56. The van der Waals surface area contributed by atoms with Crippen molar-refractivity contribution < 1.29 is 9.21 Å². The lowest BCUT2D eigenvalue weighted by molar-refractivity contribution is 0.102. The summed E-state index contributed by atoms with van der Waals surface area (Å²) in [5.41, 5.74) is 0.549. The molecule has 1 heterocycles. The largest absolute Gasteiger partial charge is 0.469 e. The van der Waals surface area contributed by atoms with E-state index in [0.717, 1.165) is 5.76 Å². The number of alkyl halides is 1. The van der Waals surface area contributed by atoms with E-state index in [-0.39, 0.29) is 11.7 Å². The molecule has 0 radical (unpaired) electrons. The summed E-state index contributed by atoms with van der Waals surface area (Å²) < 4.78 is 4.91. The summed E-state index contributed by atoms with van der Waals surface area (Å²) in [6.07, 6.45) is 1.42. The quantitative estimate of drug-likeness (QED) is 0.487. The number of carbonyl (C=O) groups excluding carboxylic acids is 1. The van der Waals surface area contributed by atoms with Crippen LogP contribution in [0.2, 0.25) is 0 Å². The molecule has 0 amide bonds. The van der Waals surface area contributed by atoms with Crippen molar-refractivity contribution in [2.75, 3.05) is 5.88 Å². The number of furan rings is 1. The molecule has 0 aliphatic rings. The highest BCUT2D eigenvalue weighted by Gasteiger charge is 2.05. The summed E-state index contributed by atoms with van der Waals surface area (Å²) in [7, 11) is 0. The Bertz CT molecular complexity index is 240. The van der Waals surface area contributed by atoms with Gasteiger partial charge in [-0.3, -0.25) is 4.79 Å². The topological polar surface area (TPSA) is 30.2 Å². The number of hydrogen-bond donors (Lipinski definition) is 0. The smallest absolute Gasteiger partial charge is 0.180 e. The van der Waals surface area contributed by atoms with Gasteiger partial charge in [0, 0.05) is 0 Å². The predicted octanol–water partition coefficient (Wildman–Crippen LogP) is 2.01. The molecular formula is C7H7ClO2. The molecule has 1 aromatic rings. The molecule has 0 aliphatic heterocycles. The summed E-state index contributed by atoms with van der Waals surface area (Å²) in [6.45, 7) is 1.78. The Morgan fingerprint density at radius 2 is 2.50 bits per heavy atom. The summed E-state index contributed by atoms with van der Waals surface area (Å²) in [6, 6.07) is 1.67. The Kier molecular flexibility index (Phi) is 2.12. The average Bonchev–Trinajstić information content (AvgIpc) is 2.34. The van der Waals surface area contributed by atoms with Crippen molar-refractivity contribution in [1.82, 2.24) is 0 Å². The minimum Gasteiger partial charge on any atom is -0.469 e. The van der Waals surface area contributed by atoms with Crippen LogP contribution in [0.25, 0.3) is 0 Å². The van der Waals surface area contributed by atoms with Gasteiger partial charge in [0.1, 0.15) is 12.0 Å². The van der Waals surface area contributed by atoms with Crippen LogP contribution in [0, 0.1) is 6.92 Å². The van der Waals surface area contributed by atoms with Gasteiger partial charge in [0.15, 0.2) is 5.78 Å². The normalized spacial score (nSPS) is 9.80. The fourth-order valence-electron chi connectivity index (χ4n) is 0.667. The molecule has 0 fully saturated rings. The number of halogens is 1. The standard InChI is InChI=1S/C7H7ClO2/c1-5-2-6(4-10-5)7(9)3-8/h2,4H,3H2,1H3. The number of aryl methyl sites for hydroxylation is 1. The van der Waals surface area contributed by atoms with Crippen molar-refractivity contribution in [2.45, 2.75) is 6.92 Å². The van der Waals surface area contributed by atoms with Crippen molar-refractivity contribution in [1.29, 1.82) is 0 Å². The van der Waals surface area contributed by atoms with Crippen molar-refractivity contribution >= 4 is 17.4 Å². The molecule has 0 aliphatic carbocycles. The number of rotatable bonds is 2. The second-order valence-electron chi connectivity index (χ2n) is 2.00. The zero-order chi connectivity index (χ0) is 7.56. The molecule has 54 valence electrons. The van der Waals surface area contributed by atoms with Crippen LogP contribution in [0.15, 0.2) is 16.7 Å². The third kappa shape index (κ3) is 1.39. The summed E-state index contributed by atoms with van der Waals surface area (Å²) in [5, 5.41) is 0. The van der Waals surface area contributed by atoms with E-state index in [1.54, 1.807) is 13.0 Å². The summed E-state index contributed by atoms with van der Waals surface area (Å²) in [4.78, 5) is 10.8. The van der Waals surface area contributed by atoms with Gasteiger partial charge in [-0.2, -0.15) is 0 Å². The van der Waals surface area contributed by atoms with Gasteiger partial charge in [-0.05, 0) is 13.0 Å². The lowest BCUT2D eigenvalue weighted by Gasteiger charge is -1.84. The fraction of sp³-hybridized carbons (Fsp3) is 0.286. The number of carbonyl (C=O) groups is 1. The maximum Gasteiger partial charge on any atom is 0.180 e. The molecule has 2 nitrogen and oxygen atoms in total. The van der Waals surface area contributed by atoms with Crippen LogP contribution in [0.1, 0.15) is 16.1 Å². The zero-order valence-corrected chi connectivity index (χ0v) is 6.31. The van der Waals surface area contributed by atoms with Gasteiger partial charge in [0.05, 0.1) is 11.4 Å². The maximum absolute atomic E-state index is 10.8. The van der Waals surface area contributed by atoms with Gasteiger partial charge >= 0.3 is 0 Å². The predicted molar refractivity (Wildman–Crippen MR) is 38.5 cm³/mol. The van der Waals surface area contributed by atoms with Crippen LogP contribution >= 0.6 is 11.6 Å². The van der Waals surface area contributed by atoms with Crippen LogP contribution in [-0.4, -0.2) is 11.7 Å². The van der Waals surface area contributed by atoms with E-state index in [4.69, 9.17) is 16.0 Å². The molecule has 0 N–H and O–H groups in total. The number of Topliss-reactive ketones (excluding diaryl/α,β-unsaturated/α-hetero) is 1. The SMILES string of the molecule is Cc1cc(C(=O)CCl)co1. The first-order valence-corrected chi connectivity index (χ1v) is 3.42. The molecule has 1 aromatic heterocycles. The van der Waals surface area contributed by atoms with E-state index >= 15 is 0 Å². The lowest BCUT2D eigenvalue weighted by Crippen LogP contribution is -1.96. The molecule has 1 rings (SSSR count). The van der Waals surface area contributed by atoms with Crippen LogP contribution < -0.4 is 0 Å². The monoisotopic (exact) mass is 158 g/mol. The Hall–Kier alpha value is -0.760. The molecule has 0 aromatic carbocycles. The first-order chi connectivity index (χ1) is 4.74. The molecule has 3 heteroatoms. The summed E-state index contributed by atoms with van der Waals surface area (Å²) >= 11 is 5.30. The highest BCUT2D eigenvalue weighted by Crippen LogP contribution is 2.07. The number of hydrogen-bond acceptors (Lipinski definition) is 2. The van der Waals surface area contributed by atoms with Gasteiger partial charge in [-0.1, -0.05) is 0 Å². The van der Waals surface area contributed by atoms with E-state index in [0.29, 0.717) is 5.56 Å². The van der Waals surface area contributed by atoms with Crippen molar-refractivity contribution in [2.24, 2.45) is 0 Å². The van der Waals surface area contributed by atoms with Gasteiger partial charge in [0.2, 0.25) is 0 Å². The average molecular weight is 159 g/mol. The van der Waals surface area contributed by atoms with E-state index in [2.05, 4.69) is 0 Å². The van der Waals surface area contributed by atoms with Crippen molar-refractivity contribution in [3.63, 3.8) is 0 Å². The molecule has 0 bridgehead atoms. The van der Waals surface area contributed by atoms with E-state index < -0.39 is 0 Å². The summed E-state index contributed by atoms with van der Waals surface area (Å²) in [5.74, 6) is 0.644. The highest BCUT2D eigenvalue weighted by molar-refractivity contribution is 6.30. The van der Waals surface area contributed by atoms with Crippen LogP contribution in [0.3, 0.4) is 0 Å². The molecule has 0 unspecified atom stereocenters. The number of ketones is 1. The Morgan fingerprint density at radius 3 is 2.90 bits per heavy atom.